The molecule has 112 valence electrons. The van der Waals surface area contributed by atoms with Crippen molar-refractivity contribution in [3.63, 3.8) is 0 Å². The molecule has 0 unspecified atom stereocenters. The van der Waals surface area contributed by atoms with E-state index in [0.717, 1.165) is 24.6 Å². The summed E-state index contributed by atoms with van der Waals surface area (Å²) >= 11 is 0. The Bertz CT molecular complexity index is 567. The van der Waals surface area contributed by atoms with E-state index in [9.17, 15) is 0 Å². The van der Waals surface area contributed by atoms with Crippen LogP contribution in [0, 0.1) is 0 Å². The van der Waals surface area contributed by atoms with Crippen LogP contribution in [0.5, 0.6) is 11.5 Å². The zero-order valence-electron chi connectivity index (χ0n) is 12.9. The number of para-hydroxylation sites is 1. The molecule has 3 nitrogen and oxygen atoms in total. The maximum atomic E-state index is 5.82. The molecule has 0 aliphatic heterocycles. The fraction of sp³-hybridized carbons (Fsp3) is 0.333. The van der Waals surface area contributed by atoms with Gasteiger partial charge in [-0.1, -0.05) is 30.3 Å². The molecule has 0 bridgehead atoms. The molecular weight excluding hydrogens is 262 g/mol. The molecule has 2 rings (SSSR count). The topological polar surface area (TPSA) is 30.5 Å². The van der Waals surface area contributed by atoms with Crippen molar-refractivity contribution >= 4 is 0 Å². The standard InChI is InChI=1S/C18H23NO2/c1-14(2)21-18-10-5-4-8-16(18)13-19-12-15-7-6-9-17(11-15)20-3/h4-11,14,19H,12-13H2,1-3H3. The van der Waals surface area contributed by atoms with Crippen LogP contribution in [-0.4, -0.2) is 13.2 Å². The van der Waals surface area contributed by atoms with Crippen molar-refractivity contribution in [1.82, 2.24) is 5.32 Å². The van der Waals surface area contributed by atoms with Gasteiger partial charge in [0.2, 0.25) is 0 Å². The first-order valence-electron chi connectivity index (χ1n) is 7.27. The second-order valence-corrected chi connectivity index (χ2v) is 5.23. The van der Waals surface area contributed by atoms with Gasteiger partial charge in [-0.15, -0.1) is 0 Å². The summed E-state index contributed by atoms with van der Waals surface area (Å²) < 4.78 is 11.1. The van der Waals surface area contributed by atoms with Crippen LogP contribution in [0.1, 0.15) is 25.0 Å². The highest BCUT2D eigenvalue weighted by atomic mass is 16.5. The Morgan fingerprint density at radius 2 is 1.81 bits per heavy atom. The molecule has 0 saturated heterocycles. The molecule has 1 N–H and O–H groups in total. The smallest absolute Gasteiger partial charge is 0.124 e. The van der Waals surface area contributed by atoms with Crippen LogP contribution < -0.4 is 14.8 Å². The molecule has 21 heavy (non-hydrogen) atoms. The summed E-state index contributed by atoms with van der Waals surface area (Å²) in [6.45, 7) is 5.66. The maximum Gasteiger partial charge on any atom is 0.124 e. The van der Waals surface area contributed by atoms with E-state index < -0.39 is 0 Å². The molecule has 0 fully saturated rings. The van der Waals surface area contributed by atoms with Gasteiger partial charge < -0.3 is 14.8 Å². The molecule has 0 heterocycles. The Kier molecular flexibility index (Phi) is 5.64. The lowest BCUT2D eigenvalue weighted by atomic mass is 10.1. The molecule has 0 saturated carbocycles. The number of rotatable bonds is 7. The van der Waals surface area contributed by atoms with Gasteiger partial charge >= 0.3 is 0 Å². The third-order valence-electron chi connectivity index (χ3n) is 3.11. The van der Waals surface area contributed by atoms with Gasteiger partial charge in [-0.25, -0.2) is 0 Å². The molecule has 0 aromatic heterocycles. The molecule has 0 aliphatic carbocycles. The summed E-state index contributed by atoms with van der Waals surface area (Å²) in [6.07, 6.45) is 0.185. The van der Waals surface area contributed by atoms with Gasteiger partial charge in [0.15, 0.2) is 0 Å². The summed E-state index contributed by atoms with van der Waals surface area (Å²) in [7, 11) is 1.69. The summed E-state index contributed by atoms with van der Waals surface area (Å²) in [5, 5.41) is 3.45. The Hall–Kier alpha value is -2.00. The average molecular weight is 285 g/mol. The minimum absolute atomic E-state index is 0.185. The Balaban J connectivity index is 1.94. The van der Waals surface area contributed by atoms with Gasteiger partial charge in [-0.2, -0.15) is 0 Å². The molecule has 3 heteroatoms. The fourth-order valence-corrected chi connectivity index (χ4v) is 2.14. The van der Waals surface area contributed by atoms with E-state index in [1.807, 2.05) is 50.2 Å². The zero-order chi connectivity index (χ0) is 15.1. The third-order valence-corrected chi connectivity index (χ3v) is 3.11. The SMILES string of the molecule is COc1cccc(CNCc2ccccc2OC(C)C)c1. The second kappa shape index (κ2) is 7.70. The molecule has 0 atom stereocenters. The summed E-state index contributed by atoms with van der Waals surface area (Å²) in [5.41, 5.74) is 2.38. The lowest BCUT2D eigenvalue weighted by Crippen LogP contribution is -2.15. The van der Waals surface area contributed by atoms with Gasteiger partial charge in [-0.3, -0.25) is 0 Å². The van der Waals surface area contributed by atoms with Gasteiger partial charge in [0.25, 0.3) is 0 Å². The summed E-state index contributed by atoms with van der Waals surface area (Å²) in [4.78, 5) is 0. The van der Waals surface area contributed by atoms with Gasteiger partial charge in [0.05, 0.1) is 13.2 Å². The van der Waals surface area contributed by atoms with E-state index in [4.69, 9.17) is 9.47 Å². The summed E-state index contributed by atoms with van der Waals surface area (Å²) in [6, 6.07) is 16.2. The van der Waals surface area contributed by atoms with E-state index in [0.29, 0.717) is 0 Å². The van der Waals surface area contributed by atoms with Crippen LogP contribution in [0.2, 0.25) is 0 Å². The van der Waals surface area contributed by atoms with Crippen molar-refractivity contribution in [1.29, 1.82) is 0 Å². The Labute approximate surface area is 126 Å². The van der Waals surface area contributed by atoms with Crippen LogP contribution >= 0.6 is 0 Å². The van der Waals surface area contributed by atoms with Crippen LogP contribution in [0.3, 0.4) is 0 Å². The molecular formula is C18H23NO2. The second-order valence-electron chi connectivity index (χ2n) is 5.23. The van der Waals surface area contributed by atoms with Gasteiger partial charge in [0.1, 0.15) is 11.5 Å². The first-order valence-corrected chi connectivity index (χ1v) is 7.27. The van der Waals surface area contributed by atoms with Crippen molar-refractivity contribution in [2.45, 2.75) is 33.0 Å². The highest BCUT2D eigenvalue weighted by molar-refractivity contribution is 5.33. The monoisotopic (exact) mass is 285 g/mol. The van der Waals surface area contributed by atoms with Crippen molar-refractivity contribution < 1.29 is 9.47 Å². The van der Waals surface area contributed by atoms with E-state index in [1.165, 1.54) is 11.1 Å². The van der Waals surface area contributed by atoms with E-state index in [-0.39, 0.29) is 6.10 Å². The molecule has 0 radical (unpaired) electrons. The number of ether oxygens (including phenoxy) is 2. The minimum atomic E-state index is 0.185. The van der Waals surface area contributed by atoms with Crippen molar-refractivity contribution in [3.05, 3.63) is 59.7 Å². The van der Waals surface area contributed by atoms with Crippen LogP contribution in [0.25, 0.3) is 0 Å². The molecule has 0 spiro atoms. The van der Waals surface area contributed by atoms with Crippen molar-refractivity contribution in [2.24, 2.45) is 0 Å². The van der Waals surface area contributed by atoms with Gasteiger partial charge in [-0.05, 0) is 37.6 Å². The molecule has 2 aromatic rings. The number of benzene rings is 2. The highest BCUT2D eigenvalue weighted by Gasteiger charge is 2.04. The molecule has 0 aliphatic rings. The van der Waals surface area contributed by atoms with Gasteiger partial charge in [0, 0.05) is 18.7 Å². The normalized spacial score (nSPS) is 10.7. The largest absolute Gasteiger partial charge is 0.497 e. The predicted octanol–water partition coefficient (Wildman–Crippen LogP) is 3.77. The quantitative estimate of drug-likeness (QED) is 0.840. The first kappa shape index (κ1) is 15.4. The fourth-order valence-electron chi connectivity index (χ4n) is 2.14. The van der Waals surface area contributed by atoms with E-state index in [2.05, 4.69) is 17.4 Å². The average Bonchev–Trinajstić information content (AvgIpc) is 2.49. The molecule has 2 aromatic carbocycles. The van der Waals surface area contributed by atoms with Crippen LogP contribution in [0.4, 0.5) is 0 Å². The number of hydrogen-bond donors (Lipinski definition) is 1. The first-order chi connectivity index (χ1) is 10.2. The van der Waals surface area contributed by atoms with Crippen LogP contribution in [0.15, 0.2) is 48.5 Å². The van der Waals surface area contributed by atoms with Crippen LogP contribution in [-0.2, 0) is 13.1 Å². The summed E-state index contributed by atoms with van der Waals surface area (Å²) in [5.74, 6) is 1.84. The Morgan fingerprint density at radius 1 is 1.00 bits per heavy atom. The number of nitrogens with one attached hydrogen (secondary N) is 1. The zero-order valence-corrected chi connectivity index (χ0v) is 12.9. The highest BCUT2D eigenvalue weighted by Crippen LogP contribution is 2.19. The lowest BCUT2D eigenvalue weighted by molar-refractivity contribution is 0.239. The van der Waals surface area contributed by atoms with E-state index >= 15 is 0 Å². The number of methoxy groups -OCH3 is 1. The minimum Gasteiger partial charge on any atom is -0.497 e. The predicted molar refractivity (Wildman–Crippen MR) is 85.7 cm³/mol. The van der Waals surface area contributed by atoms with E-state index in [1.54, 1.807) is 7.11 Å². The third kappa shape index (κ3) is 4.80. The van der Waals surface area contributed by atoms with Crippen molar-refractivity contribution in [3.8, 4) is 11.5 Å². The lowest BCUT2D eigenvalue weighted by Gasteiger charge is -2.14. The maximum absolute atomic E-state index is 5.82. The number of hydrogen-bond acceptors (Lipinski definition) is 3. The molecule has 0 amide bonds. The van der Waals surface area contributed by atoms with Crippen molar-refractivity contribution in [2.75, 3.05) is 7.11 Å². The Morgan fingerprint density at radius 3 is 2.57 bits per heavy atom.